The van der Waals surface area contributed by atoms with Gasteiger partial charge in [0.15, 0.2) is 0 Å². The molecule has 0 fully saturated rings. The third kappa shape index (κ3) is 4.50. The molecule has 0 saturated carbocycles. The van der Waals surface area contributed by atoms with Gasteiger partial charge in [-0.1, -0.05) is 23.7 Å². The van der Waals surface area contributed by atoms with E-state index in [9.17, 15) is 9.90 Å². The Morgan fingerprint density at radius 1 is 1.30 bits per heavy atom. The highest BCUT2D eigenvalue weighted by molar-refractivity contribution is 6.30. The molecule has 2 aromatic carbocycles. The number of hydrogen-bond acceptors (Lipinski definition) is 4. The van der Waals surface area contributed by atoms with Crippen LogP contribution in [0.25, 0.3) is 0 Å². The lowest BCUT2D eigenvalue weighted by Crippen LogP contribution is -2.14. The van der Waals surface area contributed by atoms with Gasteiger partial charge in [0.25, 0.3) is 5.91 Å². The van der Waals surface area contributed by atoms with Crippen molar-refractivity contribution in [3.63, 3.8) is 0 Å². The topological polar surface area (TPSA) is 85.2 Å². The fourth-order valence-electron chi connectivity index (χ4n) is 1.83. The summed E-state index contributed by atoms with van der Waals surface area (Å²) >= 11 is 5.92. The van der Waals surface area contributed by atoms with Crippen LogP contribution in [0.4, 0.5) is 11.4 Å². The van der Waals surface area contributed by atoms with Gasteiger partial charge >= 0.3 is 0 Å². The number of aromatic hydroxyl groups is 1. The molecular weight excluding hydrogens is 314 g/mol. The molecule has 0 aliphatic heterocycles. The van der Waals surface area contributed by atoms with Crippen LogP contribution >= 0.6 is 11.6 Å². The van der Waals surface area contributed by atoms with E-state index >= 15 is 0 Å². The lowest BCUT2D eigenvalue weighted by molar-refractivity contribution is -0.112. The molecule has 0 heterocycles. The van der Waals surface area contributed by atoms with Gasteiger partial charge in [-0.25, -0.2) is 0 Å². The molecule has 0 aliphatic rings. The number of nitriles is 1. The molecule has 0 saturated heterocycles. The molecule has 0 radical (unpaired) electrons. The second kappa shape index (κ2) is 7.34. The highest BCUT2D eigenvalue weighted by atomic mass is 35.5. The summed E-state index contributed by atoms with van der Waals surface area (Å²) < 4.78 is 0. The summed E-state index contributed by atoms with van der Waals surface area (Å²) in [6.45, 7) is 1.88. The van der Waals surface area contributed by atoms with Crippen molar-refractivity contribution in [2.24, 2.45) is 0 Å². The molecule has 0 aromatic heterocycles. The minimum atomic E-state index is -0.578. The summed E-state index contributed by atoms with van der Waals surface area (Å²) in [5.74, 6) is -0.553. The number of halogens is 1. The van der Waals surface area contributed by atoms with E-state index in [1.165, 1.54) is 18.3 Å². The van der Waals surface area contributed by atoms with Gasteiger partial charge in [-0.2, -0.15) is 5.26 Å². The number of anilines is 2. The smallest absolute Gasteiger partial charge is 0.267 e. The number of aryl methyl sites for hydroxylation is 1. The summed E-state index contributed by atoms with van der Waals surface area (Å²) in [5, 5.41) is 24.5. The molecule has 0 unspecified atom stereocenters. The van der Waals surface area contributed by atoms with Gasteiger partial charge in [-0.3, -0.25) is 4.79 Å². The molecule has 6 heteroatoms. The Balaban J connectivity index is 2.14. The minimum absolute atomic E-state index is 0.0259. The third-order valence-electron chi connectivity index (χ3n) is 3.04. The molecule has 5 nitrogen and oxygen atoms in total. The number of carbonyl (C=O) groups excluding carboxylic acids is 1. The first-order valence-corrected chi connectivity index (χ1v) is 7.11. The predicted molar refractivity (Wildman–Crippen MR) is 90.2 cm³/mol. The molecule has 0 spiro atoms. The standard InChI is InChI=1S/C17H14ClN3O2/c1-11-5-6-13(18)7-16(11)20-10-12(9-19)17(23)21-14-3-2-4-15(22)8-14/h2-8,10,20,22H,1H3,(H,21,23)/b12-10-. The van der Waals surface area contributed by atoms with E-state index in [1.54, 1.807) is 24.3 Å². The van der Waals surface area contributed by atoms with E-state index < -0.39 is 5.91 Å². The number of phenolic OH excluding ortho intramolecular Hbond substituents is 1. The summed E-state index contributed by atoms with van der Waals surface area (Å²) in [4.78, 5) is 12.1. The molecular formula is C17H14ClN3O2. The Morgan fingerprint density at radius 2 is 2.09 bits per heavy atom. The van der Waals surface area contributed by atoms with Crippen molar-refractivity contribution < 1.29 is 9.90 Å². The average Bonchev–Trinajstić information content (AvgIpc) is 2.51. The number of phenols is 1. The van der Waals surface area contributed by atoms with Crippen LogP contribution in [0.15, 0.2) is 54.2 Å². The number of rotatable bonds is 4. The molecule has 23 heavy (non-hydrogen) atoms. The van der Waals surface area contributed by atoms with Crippen LogP contribution in [0.5, 0.6) is 5.75 Å². The van der Waals surface area contributed by atoms with Crippen LogP contribution in [0, 0.1) is 18.3 Å². The van der Waals surface area contributed by atoms with Gasteiger partial charge in [0, 0.05) is 28.7 Å². The van der Waals surface area contributed by atoms with Crippen molar-refractivity contribution in [2.75, 3.05) is 10.6 Å². The maximum Gasteiger partial charge on any atom is 0.267 e. The Kier molecular flexibility index (Phi) is 5.23. The average molecular weight is 328 g/mol. The zero-order valence-electron chi connectivity index (χ0n) is 12.3. The number of nitrogens with one attached hydrogen (secondary N) is 2. The van der Waals surface area contributed by atoms with Crippen LogP contribution in [0.1, 0.15) is 5.56 Å². The molecule has 0 atom stereocenters. The Labute approximate surface area is 138 Å². The van der Waals surface area contributed by atoms with Crippen LogP contribution in [0.3, 0.4) is 0 Å². The van der Waals surface area contributed by atoms with E-state index in [1.807, 2.05) is 19.1 Å². The van der Waals surface area contributed by atoms with Gasteiger partial charge in [-0.15, -0.1) is 0 Å². The number of hydrogen-bond donors (Lipinski definition) is 3. The first-order valence-electron chi connectivity index (χ1n) is 6.73. The quantitative estimate of drug-likeness (QED) is 0.589. The van der Waals surface area contributed by atoms with E-state index in [4.69, 9.17) is 16.9 Å². The molecule has 3 N–H and O–H groups in total. The Hall–Kier alpha value is -2.97. The summed E-state index contributed by atoms with van der Waals surface area (Å²) in [5.41, 5.74) is 1.93. The first-order chi connectivity index (χ1) is 11.0. The Bertz CT molecular complexity index is 810. The molecule has 2 aromatic rings. The number of carbonyl (C=O) groups is 1. The van der Waals surface area contributed by atoms with E-state index in [0.29, 0.717) is 16.4 Å². The SMILES string of the molecule is Cc1ccc(Cl)cc1N/C=C(/C#N)C(=O)Nc1cccc(O)c1. The van der Waals surface area contributed by atoms with E-state index in [0.717, 1.165) is 5.56 Å². The third-order valence-corrected chi connectivity index (χ3v) is 3.28. The van der Waals surface area contributed by atoms with Crippen molar-refractivity contribution in [1.82, 2.24) is 0 Å². The zero-order valence-corrected chi connectivity index (χ0v) is 13.1. The summed E-state index contributed by atoms with van der Waals surface area (Å²) in [6.07, 6.45) is 1.32. The molecule has 1 amide bonds. The van der Waals surface area contributed by atoms with Gasteiger partial charge in [0.1, 0.15) is 17.4 Å². The molecule has 2 rings (SSSR count). The minimum Gasteiger partial charge on any atom is -0.508 e. The lowest BCUT2D eigenvalue weighted by Gasteiger charge is -2.07. The number of amides is 1. The van der Waals surface area contributed by atoms with Crippen molar-refractivity contribution in [3.8, 4) is 11.8 Å². The second-order valence-electron chi connectivity index (χ2n) is 4.78. The van der Waals surface area contributed by atoms with Crippen molar-refractivity contribution >= 4 is 28.9 Å². The van der Waals surface area contributed by atoms with Crippen molar-refractivity contribution in [2.45, 2.75) is 6.92 Å². The van der Waals surface area contributed by atoms with Gasteiger partial charge in [0.05, 0.1) is 0 Å². The van der Waals surface area contributed by atoms with E-state index in [-0.39, 0.29) is 11.3 Å². The maximum absolute atomic E-state index is 12.1. The first kappa shape index (κ1) is 16.4. The molecule has 0 aliphatic carbocycles. The van der Waals surface area contributed by atoms with Crippen LogP contribution in [0.2, 0.25) is 5.02 Å². The van der Waals surface area contributed by atoms with Gasteiger partial charge < -0.3 is 15.7 Å². The number of nitrogens with zero attached hydrogens (tertiary/aromatic N) is 1. The predicted octanol–water partition coefficient (Wildman–Crippen LogP) is 3.81. The summed E-state index contributed by atoms with van der Waals surface area (Å²) in [6, 6.07) is 13.2. The normalized spacial score (nSPS) is 10.7. The molecule has 0 bridgehead atoms. The monoisotopic (exact) mass is 327 g/mol. The largest absolute Gasteiger partial charge is 0.508 e. The fourth-order valence-corrected chi connectivity index (χ4v) is 2.00. The van der Waals surface area contributed by atoms with E-state index in [2.05, 4.69) is 10.6 Å². The molecule has 116 valence electrons. The van der Waals surface area contributed by atoms with Crippen LogP contribution in [-0.2, 0) is 4.79 Å². The van der Waals surface area contributed by atoms with Gasteiger partial charge in [-0.05, 0) is 36.8 Å². The van der Waals surface area contributed by atoms with Crippen LogP contribution in [-0.4, -0.2) is 11.0 Å². The van der Waals surface area contributed by atoms with Crippen LogP contribution < -0.4 is 10.6 Å². The van der Waals surface area contributed by atoms with Gasteiger partial charge in [0.2, 0.25) is 0 Å². The second-order valence-corrected chi connectivity index (χ2v) is 5.21. The highest BCUT2D eigenvalue weighted by Gasteiger charge is 2.10. The number of benzene rings is 2. The zero-order chi connectivity index (χ0) is 16.8. The summed E-state index contributed by atoms with van der Waals surface area (Å²) in [7, 11) is 0. The lowest BCUT2D eigenvalue weighted by atomic mass is 10.2. The maximum atomic E-state index is 12.1. The Morgan fingerprint density at radius 3 is 2.78 bits per heavy atom. The van der Waals surface area contributed by atoms with Crippen molar-refractivity contribution in [3.05, 3.63) is 64.8 Å². The fraction of sp³-hybridized carbons (Fsp3) is 0.0588. The highest BCUT2D eigenvalue weighted by Crippen LogP contribution is 2.20. The van der Waals surface area contributed by atoms with Crippen molar-refractivity contribution in [1.29, 1.82) is 5.26 Å².